The monoisotopic (exact) mass is 339 g/mol. The van der Waals surface area contributed by atoms with E-state index < -0.39 is 0 Å². The molecule has 2 aromatic rings. The summed E-state index contributed by atoms with van der Waals surface area (Å²) < 4.78 is 7.31. The number of carbonyl (C=O) groups excluding carboxylic acids is 1. The van der Waals surface area contributed by atoms with Crippen LogP contribution in [0.2, 0.25) is 0 Å². The van der Waals surface area contributed by atoms with Gasteiger partial charge in [0.05, 0.1) is 31.0 Å². The van der Waals surface area contributed by atoms with Gasteiger partial charge in [0.1, 0.15) is 11.6 Å². The summed E-state index contributed by atoms with van der Waals surface area (Å²) in [4.78, 5) is 31.7. The van der Waals surface area contributed by atoms with Crippen LogP contribution in [0.15, 0.2) is 29.1 Å². The summed E-state index contributed by atoms with van der Waals surface area (Å²) in [6.07, 6.45) is 1.36. The van der Waals surface area contributed by atoms with Crippen molar-refractivity contribution >= 4 is 5.91 Å². The minimum atomic E-state index is -0.122. The Labute approximate surface area is 146 Å². The molecule has 2 aliphatic heterocycles. The summed E-state index contributed by atoms with van der Waals surface area (Å²) in [7, 11) is 1.72. The molecule has 1 amide bonds. The standard InChI is InChI=1S/C19H21N3O3/c1-12-20-16-11-22(10-15(16)19(24)21(12)2)18(23)14-7-8-25-17-6-4-3-5-13(17)9-14/h3-6,14H,7-11H2,1-2H3/t14-/m1/s1. The first-order valence-electron chi connectivity index (χ1n) is 8.59. The smallest absolute Gasteiger partial charge is 0.258 e. The van der Waals surface area contributed by atoms with Gasteiger partial charge in [-0.2, -0.15) is 0 Å². The lowest BCUT2D eigenvalue weighted by molar-refractivity contribution is -0.136. The third-order valence-corrected chi connectivity index (χ3v) is 5.21. The SMILES string of the molecule is Cc1nc2c(c(=O)n1C)CN(C(=O)[C@@H]1CCOc3ccccc3C1)C2. The van der Waals surface area contributed by atoms with Gasteiger partial charge in [0.15, 0.2) is 0 Å². The summed E-state index contributed by atoms with van der Waals surface area (Å²) in [6.45, 7) is 3.12. The van der Waals surface area contributed by atoms with E-state index >= 15 is 0 Å². The molecule has 0 radical (unpaired) electrons. The van der Waals surface area contributed by atoms with E-state index in [0.29, 0.717) is 43.9 Å². The maximum absolute atomic E-state index is 13.0. The van der Waals surface area contributed by atoms with E-state index in [1.807, 2.05) is 31.2 Å². The maximum Gasteiger partial charge on any atom is 0.258 e. The van der Waals surface area contributed by atoms with Crippen molar-refractivity contribution in [3.63, 3.8) is 0 Å². The zero-order valence-corrected chi connectivity index (χ0v) is 14.5. The average molecular weight is 339 g/mol. The van der Waals surface area contributed by atoms with Crippen LogP contribution in [0, 0.1) is 12.8 Å². The van der Waals surface area contributed by atoms with Gasteiger partial charge in [-0.25, -0.2) is 4.98 Å². The van der Waals surface area contributed by atoms with Crippen LogP contribution in [-0.4, -0.2) is 27.0 Å². The fraction of sp³-hybridized carbons (Fsp3) is 0.421. The summed E-state index contributed by atoms with van der Waals surface area (Å²) >= 11 is 0. The molecule has 1 aromatic carbocycles. The Morgan fingerprint density at radius 2 is 2.08 bits per heavy atom. The third-order valence-electron chi connectivity index (χ3n) is 5.21. The normalized spacial score (nSPS) is 19.0. The van der Waals surface area contributed by atoms with E-state index in [2.05, 4.69) is 4.98 Å². The molecule has 1 atom stereocenters. The minimum Gasteiger partial charge on any atom is -0.493 e. The van der Waals surface area contributed by atoms with E-state index in [1.165, 1.54) is 0 Å². The molecule has 1 aromatic heterocycles. The number of rotatable bonds is 1. The van der Waals surface area contributed by atoms with Crippen LogP contribution in [0.5, 0.6) is 5.75 Å². The van der Waals surface area contributed by atoms with Crippen LogP contribution in [0.3, 0.4) is 0 Å². The molecule has 130 valence electrons. The number of carbonyl (C=O) groups is 1. The number of para-hydroxylation sites is 1. The first-order chi connectivity index (χ1) is 12.0. The number of benzene rings is 1. The van der Waals surface area contributed by atoms with Gasteiger partial charge in [0, 0.05) is 13.0 Å². The Bertz CT molecular complexity index is 903. The van der Waals surface area contributed by atoms with Gasteiger partial charge < -0.3 is 9.64 Å². The molecular formula is C19H21N3O3. The second-order valence-corrected chi connectivity index (χ2v) is 6.79. The molecule has 0 fully saturated rings. The predicted molar refractivity (Wildman–Crippen MR) is 92.2 cm³/mol. The van der Waals surface area contributed by atoms with Gasteiger partial charge in [0.25, 0.3) is 5.56 Å². The molecule has 2 aliphatic rings. The Hall–Kier alpha value is -2.63. The minimum absolute atomic E-state index is 0.0488. The molecule has 4 rings (SSSR count). The molecule has 0 spiro atoms. The Morgan fingerprint density at radius 3 is 2.92 bits per heavy atom. The first kappa shape index (κ1) is 15.9. The van der Waals surface area contributed by atoms with Crippen LogP contribution in [0.25, 0.3) is 0 Å². The van der Waals surface area contributed by atoms with Gasteiger partial charge in [-0.3, -0.25) is 14.2 Å². The van der Waals surface area contributed by atoms with Crippen LogP contribution in [0.4, 0.5) is 0 Å². The fourth-order valence-corrected chi connectivity index (χ4v) is 3.64. The van der Waals surface area contributed by atoms with Gasteiger partial charge >= 0.3 is 0 Å². The van der Waals surface area contributed by atoms with E-state index in [-0.39, 0.29) is 17.4 Å². The predicted octanol–water partition coefficient (Wildman–Crippen LogP) is 1.57. The van der Waals surface area contributed by atoms with Crippen molar-refractivity contribution in [1.82, 2.24) is 14.5 Å². The van der Waals surface area contributed by atoms with E-state index in [4.69, 9.17) is 4.74 Å². The molecule has 0 N–H and O–H groups in total. The van der Waals surface area contributed by atoms with E-state index in [1.54, 1.807) is 16.5 Å². The molecule has 25 heavy (non-hydrogen) atoms. The number of aryl methyl sites for hydroxylation is 1. The second kappa shape index (κ2) is 6.02. The molecule has 0 aliphatic carbocycles. The number of aromatic nitrogens is 2. The lowest BCUT2D eigenvalue weighted by Crippen LogP contribution is -2.34. The zero-order valence-electron chi connectivity index (χ0n) is 14.5. The Morgan fingerprint density at radius 1 is 1.28 bits per heavy atom. The summed E-state index contributed by atoms with van der Waals surface area (Å²) in [5.41, 5.74) is 2.40. The van der Waals surface area contributed by atoms with Gasteiger partial charge in [-0.05, 0) is 31.4 Å². The van der Waals surface area contributed by atoms with Crippen LogP contribution < -0.4 is 10.3 Å². The molecule has 3 heterocycles. The van der Waals surface area contributed by atoms with Gasteiger partial charge in [-0.1, -0.05) is 18.2 Å². The number of fused-ring (bicyclic) bond motifs is 2. The van der Waals surface area contributed by atoms with Crippen molar-refractivity contribution in [3.05, 3.63) is 57.3 Å². The molecule has 6 nitrogen and oxygen atoms in total. The second-order valence-electron chi connectivity index (χ2n) is 6.79. The molecule has 0 saturated carbocycles. The first-order valence-corrected chi connectivity index (χ1v) is 8.59. The van der Waals surface area contributed by atoms with Crippen molar-refractivity contribution in [2.45, 2.75) is 32.9 Å². The van der Waals surface area contributed by atoms with E-state index in [9.17, 15) is 9.59 Å². The summed E-state index contributed by atoms with van der Waals surface area (Å²) in [5, 5.41) is 0. The molecule has 0 saturated heterocycles. The average Bonchev–Trinajstić information content (AvgIpc) is 2.91. The van der Waals surface area contributed by atoms with Crippen molar-refractivity contribution in [2.24, 2.45) is 13.0 Å². The number of amides is 1. The quantitative estimate of drug-likeness (QED) is 0.791. The summed E-state index contributed by atoms with van der Waals surface area (Å²) in [5.74, 6) is 1.50. The highest BCUT2D eigenvalue weighted by Gasteiger charge is 2.33. The Balaban J connectivity index is 1.57. The number of hydrogen-bond acceptors (Lipinski definition) is 4. The summed E-state index contributed by atoms with van der Waals surface area (Å²) in [6, 6.07) is 7.88. The zero-order chi connectivity index (χ0) is 17.6. The largest absolute Gasteiger partial charge is 0.493 e. The maximum atomic E-state index is 13.0. The van der Waals surface area contributed by atoms with Crippen LogP contribution in [0.1, 0.15) is 29.1 Å². The topological polar surface area (TPSA) is 64.4 Å². The third kappa shape index (κ3) is 2.71. The van der Waals surface area contributed by atoms with Crippen molar-refractivity contribution < 1.29 is 9.53 Å². The van der Waals surface area contributed by atoms with Crippen LogP contribution >= 0.6 is 0 Å². The van der Waals surface area contributed by atoms with Gasteiger partial charge in [-0.15, -0.1) is 0 Å². The highest BCUT2D eigenvalue weighted by molar-refractivity contribution is 5.80. The number of nitrogens with zero attached hydrogens (tertiary/aromatic N) is 3. The van der Waals surface area contributed by atoms with Crippen LogP contribution in [-0.2, 0) is 31.4 Å². The highest BCUT2D eigenvalue weighted by atomic mass is 16.5. The van der Waals surface area contributed by atoms with Crippen molar-refractivity contribution in [2.75, 3.05) is 6.61 Å². The molecule has 0 bridgehead atoms. The lowest BCUT2D eigenvalue weighted by atomic mass is 9.95. The van der Waals surface area contributed by atoms with Crippen molar-refractivity contribution in [1.29, 1.82) is 0 Å². The Kier molecular flexibility index (Phi) is 3.82. The molecular weight excluding hydrogens is 318 g/mol. The highest BCUT2D eigenvalue weighted by Crippen LogP contribution is 2.29. The molecule has 6 heteroatoms. The number of ether oxygens (including phenoxy) is 1. The fourth-order valence-electron chi connectivity index (χ4n) is 3.64. The van der Waals surface area contributed by atoms with Crippen molar-refractivity contribution in [3.8, 4) is 5.75 Å². The van der Waals surface area contributed by atoms with Gasteiger partial charge in [0.2, 0.25) is 5.91 Å². The van der Waals surface area contributed by atoms with E-state index in [0.717, 1.165) is 17.0 Å². The number of hydrogen-bond donors (Lipinski definition) is 0. The molecule has 0 unspecified atom stereocenters. The lowest BCUT2D eigenvalue weighted by Gasteiger charge is -2.21.